The second-order valence-electron chi connectivity index (χ2n) is 4.28. The van der Waals surface area contributed by atoms with E-state index in [4.69, 9.17) is 4.74 Å². The number of rotatable bonds is 5. The van der Waals surface area contributed by atoms with E-state index in [1.54, 1.807) is 13.2 Å². The molecule has 0 spiro atoms. The summed E-state index contributed by atoms with van der Waals surface area (Å²) in [5.41, 5.74) is 0.828. The number of nitrogens with one attached hydrogen (secondary N) is 2. The van der Waals surface area contributed by atoms with Gasteiger partial charge in [-0.3, -0.25) is 9.59 Å². The molecule has 1 aromatic rings. The summed E-state index contributed by atoms with van der Waals surface area (Å²) < 4.78 is 5.17. The maximum absolute atomic E-state index is 11.6. The third kappa shape index (κ3) is 4.62. The minimum absolute atomic E-state index is 0.00971. The van der Waals surface area contributed by atoms with Crippen LogP contribution in [0.2, 0.25) is 0 Å². The molecule has 0 fully saturated rings. The van der Waals surface area contributed by atoms with Crippen molar-refractivity contribution < 1.29 is 14.3 Å². The highest BCUT2D eigenvalue weighted by molar-refractivity contribution is 6.35. The van der Waals surface area contributed by atoms with Gasteiger partial charge in [0.25, 0.3) is 0 Å². The second-order valence-corrected chi connectivity index (χ2v) is 4.28. The van der Waals surface area contributed by atoms with Crippen molar-refractivity contribution in [3.8, 4) is 5.75 Å². The van der Waals surface area contributed by atoms with Gasteiger partial charge in [-0.25, -0.2) is 0 Å². The zero-order valence-electron chi connectivity index (χ0n) is 11.5. The van der Waals surface area contributed by atoms with E-state index in [2.05, 4.69) is 10.6 Å². The number of amides is 2. The SMILES string of the molecule is CC[C@@H](C)NC(=O)C(=O)NCc1ccccc1OC. The Hall–Kier alpha value is -2.04. The van der Waals surface area contributed by atoms with Crippen molar-refractivity contribution in [3.63, 3.8) is 0 Å². The van der Waals surface area contributed by atoms with E-state index in [0.717, 1.165) is 12.0 Å². The fraction of sp³-hybridized carbons (Fsp3) is 0.429. The number of hydrogen-bond acceptors (Lipinski definition) is 3. The second kappa shape index (κ2) is 7.41. The molecule has 0 aromatic heterocycles. The Bertz CT molecular complexity index is 446. The molecule has 2 N–H and O–H groups in total. The third-order valence-corrected chi connectivity index (χ3v) is 2.83. The molecule has 0 unspecified atom stereocenters. The van der Waals surface area contributed by atoms with E-state index in [9.17, 15) is 9.59 Å². The summed E-state index contributed by atoms with van der Waals surface area (Å²) in [4.78, 5) is 23.1. The quantitative estimate of drug-likeness (QED) is 0.786. The van der Waals surface area contributed by atoms with Gasteiger partial charge in [-0.05, 0) is 19.4 Å². The van der Waals surface area contributed by atoms with E-state index in [1.807, 2.05) is 32.0 Å². The standard InChI is InChI=1S/C14H20N2O3/c1-4-10(2)16-14(18)13(17)15-9-11-7-5-6-8-12(11)19-3/h5-8,10H,4,9H2,1-3H3,(H,15,17)(H,16,18)/t10-/m1/s1. The van der Waals surface area contributed by atoms with Gasteiger partial charge in [-0.2, -0.15) is 0 Å². The molecule has 5 nitrogen and oxygen atoms in total. The van der Waals surface area contributed by atoms with Crippen molar-refractivity contribution in [2.24, 2.45) is 0 Å². The molecule has 1 rings (SSSR count). The number of hydrogen-bond donors (Lipinski definition) is 2. The van der Waals surface area contributed by atoms with Crippen LogP contribution in [0.25, 0.3) is 0 Å². The van der Waals surface area contributed by atoms with Crippen LogP contribution < -0.4 is 15.4 Å². The highest BCUT2D eigenvalue weighted by Crippen LogP contribution is 2.16. The van der Waals surface area contributed by atoms with Gasteiger partial charge in [0.05, 0.1) is 7.11 Å². The fourth-order valence-electron chi connectivity index (χ4n) is 1.50. The largest absolute Gasteiger partial charge is 0.496 e. The zero-order valence-corrected chi connectivity index (χ0v) is 11.5. The lowest BCUT2D eigenvalue weighted by Crippen LogP contribution is -2.43. The summed E-state index contributed by atoms with van der Waals surface area (Å²) in [6.07, 6.45) is 0.783. The van der Waals surface area contributed by atoms with Crippen LogP contribution in [-0.4, -0.2) is 25.0 Å². The van der Waals surface area contributed by atoms with Gasteiger partial charge in [-0.1, -0.05) is 25.1 Å². The first-order valence-corrected chi connectivity index (χ1v) is 6.29. The molecule has 0 saturated heterocycles. The van der Waals surface area contributed by atoms with Gasteiger partial charge >= 0.3 is 11.8 Å². The van der Waals surface area contributed by atoms with Crippen molar-refractivity contribution in [2.75, 3.05) is 7.11 Å². The minimum Gasteiger partial charge on any atom is -0.496 e. The van der Waals surface area contributed by atoms with Crippen molar-refractivity contribution in [2.45, 2.75) is 32.9 Å². The molecular formula is C14H20N2O3. The maximum atomic E-state index is 11.6. The van der Waals surface area contributed by atoms with E-state index in [-0.39, 0.29) is 12.6 Å². The summed E-state index contributed by atoms with van der Waals surface area (Å²) in [7, 11) is 1.57. The molecular weight excluding hydrogens is 244 g/mol. The normalized spacial score (nSPS) is 11.5. The molecule has 19 heavy (non-hydrogen) atoms. The fourth-order valence-corrected chi connectivity index (χ4v) is 1.50. The minimum atomic E-state index is -0.633. The van der Waals surface area contributed by atoms with Gasteiger partial charge in [0.15, 0.2) is 0 Å². The van der Waals surface area contributed by atoms with Crippen LogP contribution in [-0.2, 0) is 16.1 Å². The zero-order chi connectivity index (χ0) is 14.3. The highest BCUT2D eigenvalue weighted by atomic mass is 16.5. The molecule has 104 valence electrons. The number of carbonyl (C=O) groups excluding carboxylic acids is 2. The first-order chi connectivity index (χ1) is 9.08. The van der Waals surface area contributed by atoms with Crippen molar-refractivity contribution >= 4 is 11.8 Å². The van der Waals surface area contributed by atoms with E-state index < -0.39 is 11.8 Å². The monoisotopic (exact) mass is 264 g/mol. The Morgan fingerprint density at radius 3 is 2.58 bits per heavy atom. The van der Waals surface area contributed by atoms with Crippen LogP contribution in [0.15, 0.2) is 24.3 Å². The molecule has 0 aliphatic carbocycles. The molecule has 0 aliphatic heterocycles. The average Bonchev–Trinajstić information content (AvgIpc) is 2.44. The number of para-hydroxylation sites is 1. The average molecular weight is 264 g/mol. The van der Waals surface area contributed by atoms with E-state index in [1.165, 1.54) is 0 Å². The summed E-state index contributed by atoms with van der Waals surface area (Å²) in [6, 6.07) is 7.33. The molecule has 0 saturated carbocycles. The van der Waals surface area contributed by atoms with Crippen LogP contribution >= 0.6 is 0 Å². The number of methoxy groups -OCH3 is 1. The highest BCUT2D eigenvalue weighted by Gasteiger charge is 2.15. The van der Waals surface area contributed by atoms with Crippen LogP contribution in [0.3, 0.4) is 0 Å². The summed E-state index contributed by atoms with van der Waals surface area (Å²) in [6.45, 7) is 4.06. The predicted octanol–water partition coefficient (Wildman–Crippen LogP) is 1.23. The molecule has 0 aliphatic rings. The molecule has 1 aromatic carbocycles. The van der Waals surface area contributed by atoms with Gasteiger partial charge in [0, 0.05) is 18.2 Å². The topological polar surface area (TPSA) is 67.4 Å². The van der Waals surface area contributed by atoms with Gasteiger partial charge in [0.2, 0.25) is 0 Å². The van der Waals surface area contributed by atoms with Gasteiger partial charge in [-0.15, -0.1) is 0 Å². The lowest BCUT2D eigenvalue weighted by molar-refractivity contribution is -0.139. The Balaban J connectivity index is 2.52. The third-order valence-electron chi connectivity index (χ3n) is 2.83. The Kier molecular flexibility index (Phi) is 5.85. The van der Waals surface area contributed by atoms with Crippen molar-refractivity contribution in [3.05, 3.63) is 29.8 Å². The Morgan fingerprint density at radius 2 is 1.95 bits per heavy atom. The molecule has 5 heteroatoms. The van der Waals surface area contributed by atoms with E-state index in [0.29, 0.717) is 5.75 Å². The lowest BCUT2D eigenvalue weighted by atomic mass is 10.2. The Morgan fingerprint density at radius 1 is 1.26 bits per heavy atom. The summed E-state index contributed by atoms with van der Waals surface area (Å²) in [5.74, 6) is -0.555. The lowest BCUT2D eigenvalue weighted by Gasteiger charge is -2.12. The van der Waals surface area contributed by atoms with Crippen LogP contribution in [0.4, 0.5) is 0 Å². The molecule has 0 radical (unpaired) electrons. The first kappa shape index (κ1) is 15.0. The summed E-state index contributed by atoms with van der Waals surface area (Å²) >= 11 is 0. The number of carbonyl (C=O) groups is 2. The van der Waals surface area contributed by atoms with Crippen molar-refractivity contribution in [1.82, 2.24) is 10.6 Å². The van der Waals surface area contributed by atoms with Crippen LogP contribution in [0, 0.1) is 0 Å². The molecule has 0 heterocycles. The molecule has 1 atom stereocenters. The van der Waals surface area contributed by atoms with Crippen molar-refractivity contribution in [1.29, 1.82) is 0 Å². The number of ether oxygens (including phenoxy) is 1. The smallest absolute Gasteiger partial charge is 0.309 e. The number of benzene rings is 1. The molecule has 2 amide bonds. The Labute approximate surface area is 113 Å². The summed E-state index contributed by atoms with van der Waals surface area (Å²) in [5, 5.41) is 5.18. The van der Waals surface area contributed by atoms with Crippen LogP contribution in [0.1, 0.15) is 25.8 Å². The van der Waals surface area contributed by atoms with Crippen LogP contribution in [0.5, 0.6) is 5.75 Å². The maximum Gasteiger partial charge on any atom is 0.309 e. The molecule has 0 bridgehead atoms. The first-order valence-electron chi connectivity index (χ1n) is 6.29. The van der Waals surface area contributed by atoms with Gasteiger partial charge in [0.1, 0.15) is 5.75 Å². The predicted molar refractivity (Wildman–Crippen MR) is 72.7 cm³/mol. The van der Waals surface area contributed by atoms with E-state index >= 15 is 0 Å². The van der Waals surface area contributed by atoms with Gasteiger partial charge < -0.3 is 15.4 Å².